The summed E-state index contributed by atoms with van der Waals surface area (Å²) in [6.07, 6.45) is 2.14. The Morgan fingerprint density at radius 2 is 2.10 bits per heavy atom. The molecule has 0 aromatic heterocycles. The van der Waals surface area contributed by atoms with Crippen LogP contribution in [0.3, 0.4) is 0 Å². The van der Waals surface area contributed by atoms with E-state index in [1.165, 1.54) is 0 Å². The van der Waals surface area contributed by atoms with Gasteiger partial charge in [0.2, 0.25) is 0 Å². The molecule has 7 nitrogen and oxygen atoms in total. The summed E-state index contributed by atoms with van der Waals surface area (Å²) in [5.74, 6) is 1.18. The van der Waals surface area contributed by atoms with Crippen LogP contribution in [0.25, 0.3) is 0 Å². The van der Waals surface area contributed by atoms with Crippen molar-refractivity contribution < 1.29 is 14.3 Å². The van der Waals surface area contributed by atoms with Crippen molar-refractivity contribution in [2.24, 2.45) is 4.99 Å². The first-order chi connectivity index (χ1) is 13.3. The molecule has 1 aromatic carbocycles. The maximum atomic E-state index is 12.0. The molecule has 29 heavy (non-hydrogen) atoms. The molecule has 0 spiro atoms. The minimum atomic E-state index is -0.501. The first-order valence-corrected chi connectivity index (χ1v) is 9.96. The van der Waals surface area contributed by atoms with Crippen molar-refractivity contribution in [1.82, 2.24) is 10.6 Å². The average molecular weight is 518 g/mol. The minimum Gasteiger partial charge on any atom is -0.497 e. The Hall–Kier alpha value is -1.71. The van der Waals surface area contributed by atoms with E-state index in [0.29, 0.717) is 5.96 Å². The third kappa shape index (κ3) is 9.10. The lowest BCUT2D eigenvalue weighted by Crippen LogP contribution is -2.51. The van der Waals surface area contributed by atoms with Gasteiger partial charge in [-0.25, -0.2) is 4.99 Å². The molecule has 164 valence electrons. The van der Waals surface area contributed by atoms with Gasteiger partial charge in [0.25, 0.3) is 0 Å². The zero-order chi connectivity index (χ0) is 20.6. The fourth-order valence-corrected chi connectivity index (χ4v) is 3.17. The van der Waals surface area contributed by atoms with Gasteiger partial charge in [-0.1, -0.05) is 6.07 Å². The Balaban J connectivity index is 0.00000420. The van der Waals surface area contributed by atoms with E-state index in [1.54, 1.807) is 7.11 Å². The number of benzene rings is 1. The smallest absolute Gasteiger partial charge is 0.328 e. The summed E-state index contributed by atoms with van der Waals surface area (Å²) in [6, 6.07) is 8.38. The number of aliphatic imine (C=N–C) groups is 1. The average Bonchev–Trinajstić information content (AvgIpc) is 2.65. The van der Waals surface area contributed by atoms with Crippen molar-refractivity contribution in [3.8, 4) is 5.75 Å². The molecule has 1 atom stereocenters. The molecule has 0 saturated carbocycles. The van der Waals surface area contributed by atoms with Gasteiger partial charge in [0.05, 0.1) is 7.11 Å². The first-order valence-electron chi connectivity index (χ1n) is 9.96. The summed E-state index contributed by atoms with van der Waals surface area (Å²) in [6.45, 7) is 10.2. The molecule has 0 amide bonds. The second kappa shape index (κ2) is 12.1. The number of carbonyl (C=O) groups excluding carboxylic acids is 1. The van der Waals surface area contributed by atoms with Crippen LogP contribution >= 0.6 is 24.0 Å². The van der Waals surface area contributed by atoms with E-state index in [1.807, 2.05) is 39.8 Å². The van der Waals surface area contributed by atoms with E-state index in [0.717, 1.165) is 43.9 Å². The Morgan fingerprint density at radius 1 is 1.34 bits per heavy atom. The van der Waals surface area contributed by atoms with E-state index < -0.39 is 5.60 Å². The summed E-state index contributed by atoms with van der Waals surface area (Å²) in [5, 5.41) is 6.68. The van der Waals surface area contributed by atoms with Crippen LogP contribution in [-0.4, -0.2) is 56.9 Å². The van der Waals surface area contributed by atoms with Gasteiger partial charge in [-0.15, -0.1) is 24.0 Å². The number of rotatable bonds is 6. The molecule has 1 saturated heterocycles. The van der Waals surface area contributed by atoms with Crippen LogP contribution in [0.5, 0.6) is 5.75 Å². The van der Waals surface area contributed by atoms with E-state index in [9.17, 15) is 4.79 Å². The van der Waals surface area contributed by atoms with Crippen molar-refractivity contribution in [3.05, 3.63) is 24.3 Å². The summed E-state index contributed by atoms with van der Waals surface area (Å²) < 4.78 is 10.7. The number of anilines is 1. The summed E-state index contributed by atoms with van der Waals surface area (Å²) >= 11 is 0. The molecular weight excluding hydrogens is 483 g/mol. The van der Waals surface area contributed by atoms with E-state index in [2.05, 4.69) is 32.7 Å². The van der Waals surface area contributed by atoms with Crippen LogP contribution < -0.4 is 20.3 Å². The monoisotopic (exact) mass is 518 g/mol. The highest BCUT2D eigenvalue weighted by molar-refractivity contribution is 14.0. The number of guanidine groups is 1. The predicted octanol–water partition coefficient (Wildman–Crippen LogP) is 3.18. The van der Waals surface area contributed by atoms with Crippen molar-refractivity contribution in [2.75, 3.05) is 38.2 Å². The molecule has 8 heteroatoms. The number of hydrogen-bond donors (Lipinski definition) is 2. The van der Waals surface area contributed by atoms with Crippen LogP contribution in [0.2, 0.25) is 0 Å². The first kappa shape index (κ1) is 25.3. The lowest BCUT2D eigenvalue weighted by atomic mass is 10.0. The highest BCUT2D eigenvalue weighted by Crippen LogP contribution is 2.24. The lowest BCUT2D eigenvalue weighted by molar-refractivity contribution is -0.152. The van der Waals surface area contributed by atoms with Crippen molar-refractivity contribution in [2.45, 2.75) is 52.2 Å². The fraction of sp³-hybridized carbons (Fsp3) is 0.619. The number of nitrogens with zero attached hydrogens (tertiary/aromatic N) is 2. The van der Waals surface area contributed by atoms with Crippen LogP contribution in [0.1, 0.15) is 40.5 Å². The van der Waals surface area contributed by atoms with Gasteiger partial charge in [-0.3, -0.25) is 4.79 Å². The largest absolute Gasteiger partial charge is 0.497 e. The number of nitrogens with one attached hydrogen (secondary N) is 2. The second-order valence-corrected chi connectivity index (χ2v) is 7.91. The van der Waals surface area contributed by atoms with Gasteiger partial charge >= 0.3 is 5.97 Å². The number of halogens is 1. The normalized spacial score (nSPS) is 17.2. The number of methoxy groups -OCH3 is 1. The topological polar surface area (TPSA) is 75.2 Å². The van der Waals surface area contributed by atoms with Gasteiger partial charge in [0, 0.05) is 37.4 Å². The van der Waals surface area contributed by atoms with E-state index in [4.69, 9.17) is 9.47 Å². The van der Waals surface area contributed by atoms with Gasteiger partial charge < -0.3 is 25.0 Å². The molecule has 1 aliphatic heterocycles. The molecule has 1 unspecified atom stereocenters. The second-order valence-electron chi connectivity index (χ2n) is 7.91. The van der Waals surface area contributed by atoms with E-state index in [-0.39, 0.29) is 42.5 Å². The summed E-state index contributed by atoms with van der Waals surface area (Å²) in [4.78, 5) is 18.7. The zero-order valence-electron chi connectivity index (χ0n) is 18.2. The standard InChI is InChI=1S/C21H34N4O3.HI/c1-6-22-20(23-14-19(26)28-21(2,3)4)24-16-9-8-12-25(15-16)17-10-7-11-18(13-17)27-5;/h7,10-11,13,16H,6,8-9,12,14-15H2,1-5H3,(H2,22,23,24);1H. The lowest BCUT2D eigenvalue weighted by Gasteiger charge is -2.35. The molecular formula is C21H35IN4O3. The molecule has 0 aliphatic carbocycles. The molecule has 2 rings (SSSR count). The third-order valence-electron chi connectivity index (χ3n) is 4.31. The van der Waals surface area contributed by atoms with Gasteiger partial charge in [-0.05, 0) is 52.7 Å². The molecule has 1 heterocycles. The van der Waals surface area contributed by atoms with E-state index >= 15 is 0 Å². The number of ether oxygens (including phenoxy) is 2. The van der Waals surface area contributed by atoms with Gasteiger partial charge in [-0.2, -0.15) is 0 Å². The number of piperidine rings is 1. The Morgan fingerprint density at radius 3 is 2.76 bits per heavy atom. The van der Waals surface area contributed by atoms with Crippen molar-refractivity contribution in [1.29, 1.82) is 0 Å². The van der Waals surface area contributed by atoms with Crippen LogP contribution in [-0.2, 0) is 9.53 Å². The fourth-order valence-electron chi connectivity index (χ4n) is 3.17. The van der Waals surface area contributed by atoms with Crippen LogP contribution in [0.15, 0.2) is 29.3 Å². The van der Waals surface area contributed by atoms with Gasteiger partial charge in [0.15, 0.2) is 5.96 Å². The minimum absolute atomic E-state index is 0. The van der Waals surface area contributed by atoms with Crippen molar-refractivity contribution >= 4 is 41.6 Å². The number of carbonyl (C=O) groups is 1. The quantitative estimate of drug-likeness (QED) is 0.261. The van der Waals surface area contributed by atoms with Crippen LogP contribution in [0, 0.1) is 0 Å². The molecule has 0 bridgehead atoms. The molecule has 1 aromatic rings. The SMILES string of the molecule is CCNC(=NCC(=O)OC(C)(C)C)NC1CCCN(c2cccc(OC)c2)C1.I. The summed E-state index contributed by atoms with van der Waals surface area (Å²) in [7, 11) is 1.68. The van der Waals surface area contributed by atoms with Crippen LogP contribution in [0.4, 0.5) is 5.69 Å². The van der Waals surface area contributed by atoms with Gasteiger partial charge in [0.1, 0.15) is 17.9 Å². The Labute approximate surface area is 191 Å². The Bertz CT molecular complexity index is 676. The highest BCUT2D eigenvalue weighted by atomic mass is 127. The molecule has 1 aliphatic rings. The molecule has 2 N–H and O–H groups in total. The predicted molar refractivity (Wildman–Crippen MR) is 129 cm³/mol. The van der Waals surface area contributed by atoms with Crippen molar-refractivity contribution in [3.63, 3.8) is 0 Å². The molecule has 1 fully saturated rings. The maximum absolute atomic E-state index is 12.0. The maximum Gasteiger partial charge on any atom is 0.328 e. The highest BCUT2D eigenvalue weighted by Gasteiger charge is 2.22. The third-order valence-corrected chi connectivity index (χ3v) is 4.31. The summed E-state index contributed by atoms with van der Waals surface area (Å²) in [5.41, 5.74) is 0.653. The molecule has 0 radical (unpaired) electrons. The zero-order valence-corrected chi connectivity index (χ0v) is 20.5. The number of hydrogen-bond acceptors (Lipinski definition) is 5. The number of esters is 1. The Kier molecular flexibility index (Phi) is 10.6.